The van der Waals surface area contributed by atoms with Gasteiger partial charge in [-0.1, -0.05) is 18.2 Å². The maximum absolute atomic E-state index is 4.75. The normalized spacial score (nSPS) is 8.91. The molecule has 62 valence electrons. The van der Waals surface area contributed by atoms with E-state index in [1.54, 1.807) is 0 Å². The second-order valence-electron chi connectivity index (χ2n) is 1.94. The molecular weight excluding hydrogens is 368 g/mol. The Labute approximate surface area is 96.6 Å². The minimum Gasteiger partial charge on any atom is -1.00 e. The minimum absolute atomic E-state index is 0. The predicted molar refractivity (Wildman–Crippen MR) is 46.8 cm³/mol. The average molecular weight is 377 g/mol. The van der Waals surface area contributed by atoms with E-state index in [0.717, 1.165) is 0 Å². The van der Waals surface area contributed by atoms with Crippen LogP contribution in [0.2, 0.25) is 0 Å². The third-order valence-electron chi connectivity index (χ3n) is 1.22. The van der Waals surface area contributed by atoms with Crippen molar-refractivity contribution in [2.24, 2.45) is 0 Å². The van der Waals surface area contributed by atoms with Gasteiger partial charge in [0.2, 0.25) is 0 Å². The summed E-state index contributed by atoms with van der Waals surface area (Å²) >= 11 is 2.28. The Balaban J connectivity index is 0.000001000. The van der Waals surface area contributed by atoms with Gasteiger partial charge in [-0.15, -0.1) is 0 Å². The van der Waals surface area contributed by atoms with Crippen LogP contribution in [0.3, 0.4) is 0 Å². The summed E-state index contributed by atoms with van der Waals surface area (Å²) in [5.41, 5.74) is 1.19. The van der Waals surface area contributed by atoms with Gasteiger partial charge >= 0.3 is 0 Å². The fourth-order valence-electron chi connectivity index (χ4n) is 0.725. The van der Waals surface area contributed by atoms with Crippen molar-refractivity contribution in [1.29, 1.82) is 0 Å². The van der Waals surface area contributed by atoms with Crippen LogP contribution in [0.5, 0.6) is 0 Å². The third-order valence-corrected chi connectivity index (χ3v) is 2.27. The van der Waals surface area contributed by atoms with Crippen molar-refractivity contribution in [3.63, 3.8) is 0 Å². The number of hydrogen-bond donors (Lipinski definition) is 1. The molecule has 0 aromatic heterocycles. The number of rotatable bonds is 2. The molecule has 1 aromatic rings. The topological polar surface area (TPSA) is 36.9 Å². The van der Waals surface area contributed by atoms with Gasteiger partial charge in [0.05, 0.1) is 0 Å². The van der Waals surface area contributed by atoms with E-state index >= 15 is 0 Å². The molecule has 11 heavy (non-hydrogen) atoms. The standard InChI is InChI=1S/C7H9INO.HI/c8-7-4-2-1-3-6(7)5-10-9;/h1-4H,5H2,9H3;1H/q+1;/p-1. The lowest BCUT2D eigenvalue weighted by molar-refractivity contribution is -0.695. The van der Waals surface area contributed by atoms with E-state index < -0.39 is 0 Å². The van der Waals surface area contributed by atoms with E-state index in [0.29, 0.717) is 6.61 Å². The zero-order valence-corrected chi connectivity index (χ0v) is 10.2. The highest BCUT2D eigenvalue weighted by molar-refractivity contribution is 14.1. The van der Waals surface area contributed by atoms with E-state index in [-0.39, 0.29) is 24.0 Å². The van der Waals surface area contributed by atoms with E-state index in [2.05, 4.69) is 34.6 Å². The van der Waals surface area contributed by atoms with Crippen LogP contribution in [0.15, 0.2) is 24.3 Å². The Morgan fingerprint density at radius 1 is 1.36 bits per heavy atom. The quantitative estimate of drug-likeness (QED) is 0.469. The summed E-state index contributed by atoms with van der Waals surface area (Å²) in [5.74, 6) is 3.32. The summed E-state index contributed by atoms with van der Waals surface area (Å²) in [7, 11) is 0. The minimum atomic E-state index is 0. The molecule has 0 aliphatic carbocycles. The molecule has 0 saturated heterocycles. The number of hydrogen-bond acceptors (Lipinski definition) is 1. The highest BCUT2D eigenvalue weighted by atomic mass is 127. The van der Waals surface area contributed by atoms with Crippen molar-refractivity contribution in [2.45, 2.75) is 6.61 Å². The summed E-state index contributed by atoms with van der Waals surface area (Å²) in [6.45, 7) is 0.596. The molecule has 2 nitrogen and oxygen atoms in total. The molecule has 4 heteroatoms. The lowest BCUT2D eigenvalue weighted by Gasteiger charge is -1.98. The molecule has 0 heterocycles. The van der Waals surface area contributed by atoms with Crippen LogP contribution >= 0.6 is 22.6 Å². The maximum Gasteiger partial charge on any atom is 0.132 e. The molecule has 0 bridgehead atoms. The maximum atomic E-state index is 4.75. The lowest BCUT2D eigenvalue weighted by Crippen LogP contribution is -3.00. The Morgan fingerprint density at radius 2 is 2.00 bits per heavy atom. The smallest absolute Gasteiger partial charge is 0.132 e. The van der Waals surface area contributed by atoms with Gasteiger partial charge in [0.1, 0.15) is 6.61 Å². The van der Waals surface area contributed by atoms with Crippen LogP contribution in [-0.2, 0) is 11.4 Å². The largest absolute Gasteiger partial charge is 1.00 e. The Kier molecular flexibility index (Phi) is 6.49. The summed E-state index contributed by atoms with van der Waals surface area (Å²) in [6, 6.07) is 8.09. The van der Waals surface area contributed by atoms with Crippen LogP contribution in [-0.4, -0.2) is 0 Å². The summed E-state index contributed by atoms with van der Waals surface area (Å²) in [6.07, 6.45) is 0. The molecule has 0 fully saturated rings. The molecular formula is C7H9I2NO. The van der Waals surface area contributed by atoms with Crippen molar-refractivity contribution in [2.75, 3.05) is 0 Å². The highest BCUT2D eigenvalue weighted by Gasteiger charge is 1.96. The second kappa shape index (κ2) is 6.15. The zero-order valence-electron chi connectivity index (χ0n) is 5.89. The first-order chi connectivity index (χ1) is 4.84. The van der Waals surface area contributed by atoms with Crippen molar-refractivity contribution < 1.29 is 34.7 Å². The van der Waals surface area contributed by atoms with Gasteiger partial charge < -0.3 is 24.0 Å². The summed E-state index contributed by atoms with van der Waals surface area (Å²) in [5, 5.41) is 0. The van der Waals surface area contributed by atoms with E-state index in [9.17, 15) is 0 Å². The molecule has 3 N–H and O–H groups in total. The Hall–Kier alpha value is 0.600. The van der Waals surface area contributed by atoms with E-state index in [1.165, 1.54) is 9.13 Å². The molecule has 0 amide bonds. The third kappa shape index (κ3) is 3.68. The van der Waals surface area contributed by atoms with Gasteiger partial charge in [0.15, 0.2) is 0 Å². The summed E-state index contributed by atoms with van der Waals surface area (Å²) in [4.78, 5) is 4.75. The van der Waals surface area contributed by atoms with Crippen LogP contribution < -0.4 is 29.9 Å². The van der Waals surface area contributed by atoms with Gasteiger partial charge in [-0.25, -0.2) is 10.7 Å². The lowest BCUT2D eigenvalue weighted by atomic mass is 10.2. The predicted octanol–water partition coefficient (Wildman–Crippen LogP) is -2.03. The number of halogens is 2. The van der Waals surface area contributed by atoms with E-state index in [1.807, 2.05) is 18.2 Å². The molecule has 0 aliphatic heterocycles. The SMILES string of the molecule is [I-].[NH3+]OCc1ccccc1I. The van der Waals surface area contributed by atoms with Crippen LogP contribution in [0.4, 0.5) is 0 Å². The van der Waals surface area contributed by atoms with Crippen LogP contribution in [0.1, 0.15) is 5.56 Å². The monoisotopic (exact) mass is 377 g/mol. The Morgan fingerprint density at radius 3 is 2.55 bits per heavy atom. The highest BCUT2D eigenvalue weighted by Crippen LogP contribution is 2.10. The van der Waals surface area contributed by atoms with Gasteiger partial charge in [-0.2, -0.15) is 0 Å². The molecule has 0 atom stereocenters. The van der Waals surface area contributed by atoms with Gasteiger partial charge in [0.25, 0.3) is 0 Å². The molecule has 0 spiro atoms. The molecule has 0 saturated carbocycles. The molecule has 1 rings (SSSR count). The van der Waals surface area contributed by atoms with Crippen molar-refractivity contribution in [1.82, 2.24) is 0 Å². The first-order valence-electron chi connectivity index (χ1n) is 2.95. The average Bonchev–Trinajstić information content (AvgIpc) is 1.94. The molecule has 0 unspecified atom stereocenters. The molecule has 0 radical (unpaired) electrons. The number of quaternary nitrogens is 1. The Bertz CT molecular complexity index is 217. The first kappa shape index (κ1) is 11.6. The number of benzene rings is 1. The van der Waals surface area contributed by atoms with Gasteiger partial charge in [0, 0.05) is 3.57 Å². The second-order valence-corrected chi connectivity index (χ2v) is 3.10. The van der Waals surface area contributed by atoms with Crippen molar-refractivity contribution >= 4 is 22.6 Å². The van der Waals surface area contributed by atoms with Gasteiger partial charge in [-0.3, -0.25) is 0 Å². The molecule has 1 aromatic carbocycles. The van der Waals surface area contributed by atoms with Crippen molar-refractivity contribution in [3.8, 4) is 0 Å². The first-order valence-corrected chi connectivity index (χ1v) is 4.03. The fraction of sp³-hybridized carbons (Fsp3) is 0.143. The fourth-order valence-corrected chi connectivity index (χ4v) is 1.27. The van der Waals surface area contributed by atoms with Crippen LogP contribution in [0.25, 0.3) is 0 Å². The summed E-state index contributed by atoms with van der Waals surface area (Å²) < 4.78 is 1.23. The van der Waals surface area contributed by atoms with Crippen LogP contribution in [0, 0.1) is 3.57 Å². The van der Waals surface area contributed by atoms with E-state index in [4.69, 9.17) is 4.84 Å². The van der Waals surface area contributed by atoms with Crippen molar-refractivity contribution in [3.05, 3.63) is 33.4 Å². The molecule has 0 aliphatic rings. The zero-order chi connectivity index (χ0) is 7.40. The van der Waals surface area contributed by atoms with Gasteiger partial charge in [-0.05, 0) is 34.2 Å².